The molecule has 30 heavy (non-hydrogen) atoms. The summed E-state index contributed by atoms with van der Waals surface area (Å²) in [5, 5.41) is 11.9. The Morgan fingerprint density at radius 2 is 1.03 bits per heavy atom. The second-order valence-corrected chi connectivity index (χ2v) is 8.67. The van der Waals surface area contributed by atoms with Crippen molar-refractivity contribution in [3.8, 4) is 0 Å². The van der Waals surface area contributed by atoms with Gasteiger partial charge in [-0.25, -0.2) is 4.79 Å². The van der Waals surface area contributed by atoms with Gasteiger partial charge >= 0.3 is 5.97 Å². The second kappa shape index (κ2) is 22.4. The average Bonchev–Trinajstić information content (AvgIpc) is 2.72. The first-order valence-electron chi connectivity index (χ1n) is 12.8. The van der Waals surface area contributed by atoms with Crippen LogP contribution in [0.25, 0.3) is 0 Å². The summed E-state index contributed by atoms with van der Waals surface area (Å²) < 4.78 is 0. The minimum Gasteiger partial charge on any atom is -0.477 e. The van der Waals surface area contributed by atoms with Crippen molar-refractivity contribution in [3.63, 3.8) is 0 Å². The van der Waals surface area contributed by atoms with Crippen LogP contribution in [-0.2, 0) is 9.59 Å². The van der Waals surface area contributed by atoms with Gasteiger partial charge in [-0.05, 0) is 19.3 Å². The standard InChI is InChI=1S/C26H49NO3/c1-3-5-7-9-11-12-13-14-15-17-18-20-22-24(26(29)30)27-25(28)23-21-19-16-10-8-6-4-2/h22H,3-21,23H2,1-2H3,(H,27,28)(H,29,30). The smallest absolute Gasteiger partial charge is 0.352 e. The Kier molecular flexibility index (Phi) is 21.4. The van der Waals surface area contributed by atoms with Gasteiger partial charge in [0.15, 0.2) is 0 Å². The number of nitrogens with one attached hydrogen (secondary N) is 1. The molecule has 0 fully saturated rings. The van der Waals surface area contributed by atoms with Crippen LogP contribution in [0.2, 0.25) is 0 Å². The fraction of sp³-hybridized carbons (Fsp3) is 0.846. The molecule has 2 N–H and O–H groups in total. The average molecular weight is 424 g/mol. The van der Waals surface area contributed by atoms with E-state index < -0.39 is 5.97 Å². The molecule has 0 saturated heterocycles. The van der Waals surface area contributed by atoms with Gasteiger partial charge in [0.25, 0.3) is 0 Å². The van der Waals surface area contributed by atoms with Crippen molar-refractivity contribution in [2.24, 2.45) is 0 Å². The highest BCUT2D eigenvalue weighted by Gasteiger charge is 2.10. The third-order valence-electron chi connectivity index (χ3n) is 5.67. The highest BCUT2D eigenvalue weighted by molar-refractivity contribution is 5.92. The highest BCUT2D eigenvalue weighted by atomic mass is 16.4. The van der Waals surface area contributed by atoms with Gasteiger partial charge in [0.2, 0.25) is 5.91 Å². The van der Waals surface area contributed by atoms with Gasteiger partial charge in [0.1, 0.15) is 5.70 Å². The lowest BCUT2D eigenvalue weighted by Gasteiger charge is -2.06. The minimum atomic E-state index is -1.04. The number of hydrogen-bond acceptors (Lipinski definition) is 2. The zero-order chi connectivity index (χ0) is 22.3. The summed E-state index contributed by atoms with van der Waals surface area (Å²) in [6, 6.07) is 0. The van der Waals surface area contributed by atoms with Crippen LogP contribution in [0.3, 0.4) is 0 Å². The zero-order valence-electron chi connectivity index (χ0n) is 20.0. The summed E-state index contributed by atoms with van der Waals surface area (Å²) in [5.74, 6) is -1.21. The van der Waals surface area contributed by atoms with Gasteiger partial charge in [0.05, 0.1) is 0 Å². The number of aliphatic carboxylic acids is 1. The fourth-order valence-electron chi connectivity index (χ4n) is 3.70. The van der Waals surface area contributed by atoms with E-state index in [2.05, 4.69) is 19.2 Å². The van der Waals surface area contributed by atoms with E-state index in [1.54, 1.807) is 6.08 Å². The van der Waals surface area contributed by atoms with Crippen molar-refractivity contribution in [1.29, 1.82) is 0 Å². The Hall–Kier alpha value is -1.32. The summed E-state index contributed by atoms with van der Waals surface area (Å²) in [4.78, 5) is 23.4. The Morgan fingerprint density at radius 3 is 1.47 bits per heavy atom. The Bertz CT molecular complexity index is 446. The number of carboxylic acids is 1. The van der Waals surface area contributed by atoms with Gasteiger partial charge in [-0.3, -0.25) is 4.79 Å². The Labute approximate surface area is 186 Å². The molecule has 4 nitrogen and oxygen atoms in total. The number of carbonyl (C=O) groups excluding carboxylic acids is 1. The molecule has 176 valence electrons. The molecule has 0 aromatic rings. The molecule has 4 heteroatoms. The van der Waals surface area contributed by atoms with Crippen LogP contribution in [0.4, 0.5) is 0 Å². The quantitative estimate of drug-likeness (QED) is 0.137. The molecule has 0 aliphatic heterocycles. The fourth-order valence-corrected chi connectivity index (χ4v) is 3.70. The lowest BCUT2D eigenvalue weighted by atomic mass is 10.1. The van der Waals surface area contributed by atoms with Crippen LogP contribution < -0.4 is 5.32 Å². The SMILES string of the molecule is CCCCCCCCCCCCCC=C(NC(=O)CCCCCCCCC)C(=O)O. The maximum atomic E-state index is 12.0. The molecule has 0 heterocycles. The number of carbonyl (C=O) groups is 2. The van der Waals surface area contributed by atoms with Crippen LogP contribution in [0.15, 0.2) is 11.8 Å². The first-order valence-corrected chi connectivity index (χ1v) is 12.8. The molecule has 0 atom stereocenters. The summed E-state index contributed by atoms with van der Waals surface area (Å²) in [7, 11) is 0. The molecule has 0 saturated carbocycles. The summed E-state index contributed by atoms with van der Waals surface area (Å²) >= 11 is 0. The van der Waals surface area contributed by atoms with Crippen molar-refractivity contribution in [2.45, 2.75) is 142 Å². The van der Waals surface area contributed by atoms with E-state index in [4.69, 9.17) is 0 Å². The predicted molar refractivity (Wildman–Crippen MR) is 128 cm³/mol. The molecule has 0 radical (unpaired) electrons. The number of carboxylic acid groups (broad SMARTS) is 1. The van der Waals surface area contributed by atoms with Gasteiger partial charge in [-0.2, -0.15) is 0 Å². The molecular formula is C26H49NO3. The first-order chi connectivity index (χ1) is 14.6. The predicted octanol–water partition coefficient (Wildman–Crippen LogP) is 7.91. The molecule has 0 unspecified atom stereocenters. The van der Waals surface area contributed by atoms with Gasteiger partial charge in [0, 0.05) is 6.42 Å². The lowest BCUT2D eigenvalue weighted by molar-refractivity contribution is -0.134. The van der Waals surface area contributed by atoms with Gasteiger partial charge in [-0.1, -0.05) is 123 Å². The van der Waals surface area contributed by atoms with Crippen LogP contribution in [0, 0.1) is 0 Å². The lowest BCUT2D eigenvalue weighted by Crippen LogP contribution is -2.27. The van der Waals surface area contributed by atoms with Crippen LogP contribution in [0.5, 0.6) is 0 Å². The molecule has 0 bridgehead atoms. The van der Waals surface area contributed by atoms with Crippen molar-refractivity contribution >= 4 is 11.9 Å². The normalized spacial score (nSPS) is 11.6. The minimum absolute atomic E-state index is 0.0509. The maximum Gasteiger partial charge on any atom is 0.352 e. The van der Waals surface area contributed by atoms with E-state index >= 15 is 0 Å². The van der Waals surface area contributed by atoms with Crippen molar-refractivity contribution in [2.75, 3.05) is 0 Å². The van der Waals surface area contributed by atoms with Gasteiger partial charge in [-0.15, -0.1) is 0 Å². The monoisotopic (exact) mass is 423 g/mol. The maximum absolute atomic E-state index is 12.0. The zero-order valence-corrected chi connectivity index (χ0v) is 20.0. The van der Waals surface area contributed by atoms with Crippen molar-refractivity contribution < 1.29 is 14.7 Å². The van der Waals surface area contributed by atoms with E-state index in [0.29, 0.717) is 6.42 Å². The number of rotatable bonds is 22. The molecule has 0 spiro atoms. The highest BCUT2D eigenvalue weighted by Crippen LogP contribution is 2.13. The third-order valence-corrected chi connectivity index (χ3v) is 5.67. The molecule has 0 aromatic heterocycles. The third kappa shape index (κ3) is 20.0. The van der Waals surface area contributed by atoms with E-state index in [1.165, 1.54) is 83.5 Å². The van der Waals surface area contributed by atoms with E-state index in [9.17, 15) is 14.7 Å². The number of hydrogen-bond donors (Lipinski definition) is 2. The van der Waals surface area contributed by atoms with Crippen molar-refractivity contribution in [1.82, 2.24) is 5.32 Å². The molecule has 0 aromatic carbocycles. The summed E-state index contributed by atoms with van der Waals surface area (Å²) in [6.45, 7) is 4.45. The van der Waals surface area contributed by atoms with E-state index in [1.807, 2.05) is 0 Å². The molecule has 0 aliphatic carbocycles. The van der Waals surface area contributed by atoms with Crippen LogP contribution >= 0.6 is 0 Å². The van der Waals surface area contributed by atoms with E-state index in [0.717, 1.165) is 38.5 Å². The molecule has 1 amide bonds. The van der Waals surface area contributed by atoms with E-state index in [-0.39, 0.29) is 11.6 Å². The second-order valence-electron chi connectivity index (χ2n) is 8.67. The molecule has 0 aliphatic rings. The largest absolute Gasteiger partial charge is 0.477 e. The number of amides is 1. The van der Waals surface area contributed by atoms with Crippen LogP contribution in [0.1, 0.15) is 142 Å². The Balaban J connectivity index is 3.74. The topological polar surface area (TPSA) is 66.4 Å². The van der Waals surface area contributed by atoms with Gasteiger partial charge < -0.3 is 10.4 Å². The first kappa shape index (κ1) is 28.7. The number of unbranched alkanes of at least 4 members (excludes halogenated alkanes) is 17. The summed E-state index contributed by atoms with van der Waals surface area (Å²) in [6.07, 6.45) is 24.9. The Morgan fingerprint density at radius 1 is 0.633 bits per heavy atom. The summed E-state index contributed by atoms with van der Waals surface area (Å²) in [5.41, 5.74) is 0.0509. The number of allylic oxidation sites excluding steroid dienone is 1. The van der Waals surface area contributed by atoms with Crippen molar-refractivity contribution in [3.05, 3.63) is 11.8 Å². The van der Waals surface area contributed by atoms with Crippen LogP contribution in [-0.4, -0.2) is 17.0 Å². The molecular weight excluding hydrogens is 374 g/mol. The molecule has 0 rings (SSSR count).